The first kappa shape index (κ1) is 15.0. The largest absolute Gasteiger partial charge is 0.459 e. The molecule has 1 aromatic carbocycles. The molecule has 0 aliphatic rings. The Morgan fingerprint density at radius 2 is 1.95 bits per heavy atom. The number of halogens is 1. The molecule has 6 heteroatoms. The average molecular weight is 291 g/mol. The lowest BCUT2D eigenvalue weighted by atomic mass is 10.1. The Morgan fingerprint density at radius 1 is 1.33 bits per heavy atom. The zero-order valence-electron chi connectivity index (χ0n) is 12.3. The Morgan fingerprint density at radius 3 is 2.52 bits per heavy atom. The van der Waals surface area contributed by atoms with Crippen LogP contribution in [0.15, 0.2) is 30.3 Å². The first-order chi connectivity index (χ1) is 9.74. The minimum atomic E-state index is -0.557. The molecule has 0 radical (unpaired) electrons. The van der Waals surface area contributed by atoms with E-state index in [1.54, 1.807) is 39.0 Å². The Bertz CT molecular complexity index is 642. The molecule has 0 unspecified atom stereocenters. The van der Waals surface area contributed by atoms with Gasteiger partial charge in [-0.25, -0.2) is 9.07 Å². The van der Waals surface area contributed by atoms with Gasteiger partial charge in [0, 0.05) is 11.6 Å². The van der Waals surface area contributed by atoms with E-state index in [1.807, 2.05) is 0 Å². The van der Waals surface area contributed by atoms with Gasteiger partial charge in [0.25, 0.3) is 0 Å². The number of carbonyl (C=O) groups excluding carboxylic acids is 1. The number of esters is 1. The van der Waals surface area contributed by atoms with Crippen molar-refractivity contribution in [1.82, 2.24) is 9.78 Å². The molecule has 21 heavy (non-hydrogen) atoms. The highest BCUT2D eigenvalue weighted by atomic mass is 19.1. The van der Waals surface area contributed by atoms with Crippen LogP contribution >= 0.6 is 0 Å². The number of anilines is 1. The number of nitrogens with two attached hydrogens (primary N) is 1. The van der Waals surface area contributed by atoms with Gasteiger partial charge in [-0.1, -0.05) is 0 Å². The summed E-state index contributed by atoms with van der Waals surface area (Å²) in [6.45, 7) is 5.31. The lowest BCUT2D eigenvalue weighted by Gasteiger charge is -2.19. The van der Waals surface area contributed by atoms with E-state index in [0.29, 0.717) is 11.5 Å². The molecule has 0 bridgehead atoms. The van der Waals surface area contributed by atoms with E-state index in [0.717, 1.165) is 5.56 Å². The van der Waals surface area contributed by atoms with E-state index in [1.165, 1.54) is 16.8 Å². The van der Waals surface area contributed by atoms with E-state index in [-0.39, 0.29) is 12.4 Å². The fraction of sp³-hybridized carbons (Fsp3) is 0.333. The van der Waals surface area contributed by atoms with Crippen LogP contribution in [0.4, 0.5) is 10.2 Å². The predicted octanol–water partition coefficient (Wildman–Crippen LogP) is 2.61. The highest BCUT2D eigenvalue weighted by molar-refractivity contribution is 5.71. The van der Waals surface area contributed by atoms with Crippen LogP contribution in [0.3, 0.4) is 0 Å². The minimum Gasteiger partial charge on any atom is -0.459 e. The van der Waals surface area contributed by atoms with Crippen molar-refractivity contribution in [2.45, 2.75) is 32.9 Å². The second kappa shape index (κ2) is 5.55. The molecule has 2 aromatic rings. The summed E-state index contributed by atoms with van der Waals surface area (Å²) in [6.07, 6.45) is 0. The van der Waals surface area contributed by atoms with E-state index >= 15 is 0 Å². The molecular formula is C15H18FN3O2. The lowest BCUT2D eigenvalue weighted by Crippen LogP contribution is -2.27. The highest BCUT2D eigenvalue weighted by Gasteiger charge is 2.18. The summed E-state index contributed by atoms with van der Waals surface area (Å²) in [5, 5.41) is 4.25. The molecule has 1 aromatic heterocycles. The highest BCUT2D eigenvalue weighted by Crippen LogP contribution is 2.21. The van der Waals surface area contributed by atoms with Crippen LogP contribution in [0, 0.1) is 5.82 Å². The SMILES string of the molecule is CC(C)(C)OC(=O)Cn1nc(-c2ccc(F)cc2)cc1N. The van der Waals surface area contributed by atoms with Gasteiger partial charge in [0.15, 0.2) is 0 Å². The number of benzene rings is 1. The molecule has 5 nitrogen and oxygen atoms in total. The van der Waals surface area contributed by atoms with Crippen LogP contribution in [-0.4, -0.2) is 21.4 Å². The minimum absolute atomic E-state index is 0.0652. The van der Waals surface area contributed by atoms with Crippen molar-refractivity contribution >= 4 is 11.8 Å². The van der Waals surface area contributed by atoms with E-state index in [4.69, 9.17) is 10.5 Å². The van der Waals surface area contributed by atoms with Crippen molar-refractivity contribution in [2.75, 3.05) is 5.73 Å². The van der Waals surface area contributed by atoms with Crippen molar-refractivity contribution in [3.63, 3.8) is 0 Å². The summed E-state index contributed by atoms with van der Waals surface area (Å²) in [5.74, 6) is -0.386. The van der Waals surface area contributed by atoms with Gasteiger partial charge >= 0.3 is 5.97 Å². The van der Waals surface area contributed by atoms with Gasteiger partial charge in [-0.05, 0) is 45.0 Å². The predicted molar refractivity (Wildman–Crippen MR) is 77.9 cm³/mol. The Kier molecular flexibility index (Phi) is 3.97. The number of hydrogen-bond acceptors (Lipinski definition) is 4. The number of nitrogen functional groups attached to an aromatic ring is 1. The number of ether oxygens (including phenoxy) is 1. The maximum atomic E-state index is 12.9. The van der Waals surface area contributed by atoms with Crippen LogP contribution in [0.25, 0.3) is 11.3 Å². The standard InChI is InChI=1S/C15H18FN3O2/c1-15(2,3)21-14(20)9-19-13(17)8-12(18-19)10-4-6-11(16)7-5-10/h4-8H,9,17H2,1-3H3. The number of carbonyl (C=O) groups is 1. The summed E-state index contributed by atoms with van der Waals surface area (Å²) in [4.78, 5) is 11.8. The first-order valence-electron chi connectivity index (χ1n) is 6.56. The maximum Gasteiger partial charge on any atom is 0.328 e. The van der Waals surface area contributed by atoms with Gasteiger partial charge in [-0.3, -0.25) is 4.79 Å². The fourth-order valence-corrected chi connectivity index (χ4v) is 1.82. The zero-order chi connectivity index (χ0) is 15.6. The van der Waals surface area contributed by atoms with Crippen molar-refractivity contribution in [2.24, 2.45) is 0 Å². The van der Waals surface area contributed by atoms with Crippen LogP contribution in [0.2, 0.25) is 0 Å². The Balaban J connectivity index is 2.16. The van der Waals surface area contributed by atoms with Gasteiger partial charge < -0.3 is 10.5 Å². The van der Waals surface area contributed by atoms with Crippen LogP contribution in [0.5, 0.6) is 0 Å². The molecule has 2 rings (SSSR count). The van der Waals surface area contributed by atoms with Crippen LogP contribution < -0.4 is 5.73 Å². The molecular weight excluding hydrogens is 273 g/mol. The first-order valence-corrected chi connectivity index (χ1v) is 6.56. The summed E-state index contributed by atoms with van der Waals surface area (Å²) in [7, 11) is 0. The fourth-order valence-electron chi connectivity index (χ4n) is 1.82. The van der Waals surface area contributed by atoms with Crippen LogP contribution in [0.1, 0.15) is 20.8 Å². The monoisotopic (exact) mass is 291 g/mol. The van der Waals surface area contributed by atoms with E-state index in [9.17, 15) is 9.18 Å². The second-order valence-corrected chi connectivity index (χ2v) is 5.71. The van der Waals surface area contributed by atoms with E-state index < -0.39 is 11.6 Å². The smallest absolute Gasteiger partial charge is 0.328 e. The molecule has 0 fully saturated rings. The van der Waals surface area contributed by atoms with Gasteiger partial charge in [0.2, 0.25) is 0 Å². The molecule has 0 aliphatic carbocycles. The molecule has 0 amide bonds. The normalized spacial score (nSPS) is 11.4. The van der Waals surface area contributed by atoms with Crippen LogP contribution in [-0.2, 0) is 16.1 Å². The molecule has 0 aliphatic heterocycles. The molecule has 0 atom stereocenters. The summed E-state index contributed by atoms with van der Waals surface area (Å²) in [6, 6.07) is 7.54. The number of rotatable bonds is 3. The van der Waals surface area contributed by atoms with Crippen molar-refractivity contribution < 1.29 is 13.9 Å². The molecule has 0 spiro atoms. The quantitative estimate of drug-likeness (QED) is 0.882. The number of hydrogen-bond donors (Lipinski definition) is 1. The van der Waals surface area contributed by atoms with Crippen molar-refractivity contribution in [3.05, 3.63) is 36.1 Å². The molecule has 0 saturated heterocycles. The van der Waals surface area contributed by atoms with E-state index in [2.05, 4.69) is 5.10 Å². The third-order valence-electron chi connectivity index (χ3n) is 2.65. The van der Waals surface area contributed by atoms with Crippen molar-refractivity contribution in [1.29, 1.82) is 0 Å². The summed E-state index contributed by atoms with van der Waals surface area (Å²) >= 11 is 0. The van der Waals surface area contributed by atoms with Gasteiger partial charge in [-0.2, -0.15) is 5.10 Å². The van der Waals surface area contributed by atoms with Gasteiger partial charge in [-0.15, -0.1) is 0 Å². The molecule has 1 heterocycles. The maximum absolute atomic E-state index is 12.9. The molecule has 112 valence electrons. The number of nitrogens with zero attached hydrogens (tertiary/aromatic N) is 2. The summed E-state index contributed by atoms with van der Waals surface area (Å²) in [5.41, 5.74) is 6.59. The van der Waals surface area contributed by atoms with Crippen molar-refractivity contribution in [3.8, 4) is 11.3 Å². The van der Waals surface area contributed by atoms with Gasteiger partial charge in [0.05, 0.1) is 5.69 Å². The second-order valence-electron chi connectivity index (χ2n) is 5.71. The third kappa shape index (κ3) is 4.05. The average Bonchev–Trinajstić information content (AvgIpc) is 2.69. The molecule has 2 N–H and O–H groups in total. The molecule has 0 saturated carbocycles. The Labute approximate surface area is 122 Å². The topological polar surface area (TPSA) is 70.1 Å². The lowest BCUT2D eigenvalue weighted by molar-refractivity contribution is -0.155. The number of aromatic nitrogens is 2. The third-order valence-corrected chi connectivity index (χ3v) is 2.65. The van der Waals surface area contributed by atoms with Gasteiger partial charge in [0.1, 0.15) is 23.8 Å². The summed E-state index contributed by atoms with van der Waals surface area (Å²) < 4.78 is 19.5. The Hall–Kier alpha value is -2.37. The zero-order valence-corrected chi connectivity index (χ0v) is 12.3.